The van der Waals surface area contributed by atoms with Crippen LogP contribution in [0.15, 0.2) is 167 Å². The average molecular weight is 655 g/mol. The van der Waals surface area contributed by atoms with Crippen molar-refractivity contribution in [1.82, 2.24) is 19.5 Å². The van der Waals surface area contributed by atoms with Crippen molar-refractivity contribution >= 4 is 65.7 Å². The van der Waals surface area contributed by atoms with E-state index in [1.807, 2.05) is 78.9 Å². The summed E-state index contributed by atoms with van der Waals surface area (Å²) in [5, 5.41) is 6.59. The van der Waals surface area contributed by atoms with Gasteiger partial charge in [0.2, 0.25) is 0 Å². The van der Waals surface area contributed by atoms with Crippen LogP contribution in [0.3, 0.4) is 0 Å². The van der Waals surface area contributed by atoms with Crippen molar-refractivity contribution in [3.05, 3.63) is 158 Å². The molecule has 0 atom stereocenters. The predicted molar refractivity (Wildman–Crippen MR) is 205 cm³/mol. The van der Waals surface area contributed by atoms with Crippen LogP contribution in [0.4, 0.5) is 0 Å². The van der Waals surface area contributed by atoms with Gasteiger partial charge in [-0.1, -0.05) is 103 Å². The summed E-state index contributed by atoms with van der Waals surface area (Å²) < 4.78 is 15.4. The fourth-order valence-electron chi connectivity index (χ4n) is 7.54. The Balaban J connectivity index is 1.08. The molecule has 7 aromatic carbocycles. The summed E-state index contributed by atoms with van der Waals surface area (Å²) in [7, 11) is 0. The number of benzene rings is 7. The summed E-state index contributed by atoms with van der Waals surface area (Å²) in [6.07, 6.45) is 0. The standard InChI is InChI=1S/C45H26N4O2/c1-3-11-27(12-4-1)43-46-44(28-13-5-2-6-14-28)48-45(47-43)29-19-21-33-39(25-29)50-37-23-24-38-42(41(33)37)34-22-20-30(26-40(34)51-38)49-35-17-9-7-15-31(35)32-16-8-10-18-36(32)49/h1-26H. The number of rotatable bonds is 4. The molecule has 0 unspecified atom stereocenters. The van der Waals surface area contributed by atoms with Gasteiger partial charge in [0.1, 0.15) is 22.3 Å². The number of aromatic nitrogens is 4. The number of hydrogen-bond donors (Lipinski definition) is 0. The number of nitrogens with zero attached hydrogens (tertiary/aromatic N) is 4. The van der Waals surface area contributed by atoms with Crippen molar-refractivity contribution < 1.29 is 8.83 Å². The third kappa shape index (κ3) is 4.26. The SMILES string of the molecule is c1ccc(-c2nc(-c3ccccc3)nc(-c3ccc4c(c3)oc3ccc5oc6cc(-n7c8ccccc8c8ccccc87)ccc6c5c34)n2)cc1. The maximum atomic E-state index is 6.56. The minimum atomic E-state index is 0.585. The van der Waals surface area contributed by atoms with Crippen molar-refractivity contribution in [3.63, 3.8) is 0 Å². The Hall–Kier alpha value is -7.05. The quantitative estimate of drug-likeness (QED) is 0.189. The van der Waals surface area contributed by atoms with Crippen molar-refractivity contribution in [2.24, 2.45) is 0 Å². The minimum absolute atomic E-state index is 0.585. The lowest BCUT2D eigenvalue weighted by atomic mass is 10.0. The first-order chi connectivity index (χ1) is 25.3. The number of fused-ring (bicyclic) bond motifs is 10. The molecule has 6 nitrogen and oxygen atoms in total. The molecule has 0 saturated heterocycles. The lowest BCUT2D eigenvalue weighted by molar-refractivity contribution is 0.662. The molecule has 0 bridgehead atoms. The Morgan fingerprint density at radius 3 is 1.39 bits per heavy atom. The first-order valence-corrected chi connectivity index (χ1v) is 16.9. The third-order valence-electron chi connectivity index (χ3n) is 9.85. The van der Waals surface area contributed by atoms with Gasteiger partial charge in [-0.3, -0.25) is 0 Å². The molecule has 0 radical (unpaired) electrons. The highest BCUT2D eigenvalue weighted by Crippen LogP contribution is 2.42. The van der Waals surface area contributed by atoms with Crippen LogP contribution in [-0.2, 0) is 0 Å². The topological polar surface area (TPSA) is 69.9 Å². The van der Waals surface area contributed by atoms with E-state index in [9.17, 15) is 0 Å². The van der Waals surface area contributed by atoms with E-state index in [-0.39, 0.29) is 0 Å². The molecule has 51 heavy (non-hydrogen) atoms. The molecule has 4 aromatic heterocycles. The van der Waals surface area contributed by atoms with E-state index in [0.29, 0.717) is 17.5 Å². The Labute approximate surface area is 290 Å². The van der Waals surface area contributed by atoms with Crippen molar-refractivity contribution in [2.45, 2.75) is 0 Å². The molecule has 238 valence electrons. The second-order valence-corrected chi connectivity index (χ2v) is 12.8. The highest BCUT2D eigenvalue weighted by molar-refractivity contribution is 6.26. The summed E-state index contributed by atoms with van der Waals surface area (Å²) >= 11 is 0. The summed E-state index contributed by atoms with van der Waals surface area (Å²) in [5.41, 5.74) is 9.30. The van der Waals surface area contributed by atoms with E-state index in [1.54, 1.807) is 0 Å². The molecular formula is C45H26N4O2. The Morgan fingerprint density at radius 1 is 0.353 bits per heavy atom. The van der Waals surface area contributed by atoms with Gasteiger partial charge in [-0.25, -0.2) is 15.0 Å². The lowest BCUT2D eigenvalue weighted by Crippen LogP contribution is -2.00. The van der Waals surface area contributed by atoms with Gasteiger partial charge in [0.25, 0.3) is 0 Å². The van der Waals surface area contributed by atoms with Crippen LogP contribution >= 0.6 is 0 Å². The summed E-state index contributed by atoms with van der Waals surface area (Å²) in [6.45, 7) is 0. The van der Waals surface area contributed by atoms with E-state index in [0.717, 1.165) is 77.3 Å². The molecule has 0 N–H and O–H groups in total. The first kappa shape index (κ1) is 27.9. The smallest absolute Gasteiger partial charge is 0.164 e. The Morgan fingerprint density at radius 2 is 0.824 bits per heavy atom. The molecule has 11 rings (SSSR count). The molecule has 0 saturated carbocycles. The van der Waals surface area contributed by atoms with Crippen molar-refractivity contribution in [1.29, 1.82) is 0 Å². The lowest BCUT2D eigenvalue weighted by Gasteiger charge is -2.08. The van der Waals surface area contributed by atoms with Gasteiger partial charge < -0.3 is 13.4 Å². The first-order valence-electron chi connectivity index (χ1n) is 16.9. The maximum Gasteiger partial charge on any atom is 0.164 e. The Kier molecular flexibility index (Phi) is 5.86. The highest BCUT2D eigenvalue weighted by atomic mass is 16.3. The zero-order valence-corrected chi connectivity index (χ0v) is 27.1. The zero-order chi connectivity index (χ0) is 33.5. The van der Waals surface area contributed by atoms with Gasteiger partial charge in [0, 0.05) is 60.8 Å². The fourth-order valence-corrected chi connectivity index (χ4v) is 7.54. The molecule has 0 fully saturated rings. The maximum absolute atomic E-state index is 6.56. The van der Waals surface area contributed by atoms with E-state index in [1.165, 1.54) is 10.8 Å². The summed E-state index contributed by atoms with van der Waals surface area (Å²) in [5.74, 6) is 1.83. The van der Waals surface area contributed by atoms with Crippen LogP contribution in [-0.4, -0.2) is 19.5 Å². The van der Waals surface area contributed by atoms with E-state index < -0.39 is 0 Å². The average Bonchev–Trinajstić information content (AvgIpc) is 3.87. The van der Waals surface area contributed by atoms with Gasteiger partial charge in [-0.15, -0.1) is 0 Å². The van der Waals surface area contributed by atoms with E-state index in [2.05, 4.69) is 83.4 Å². The van der Waals surface area contributed by atoms with Crippen LogP contribution in [0.25, 0.3) is 106 Å². The van der Waals surface area contributed by atoms with Gasteiger partial charge >= 0.3 is 0 Å². The van der Waals surface area contributed by atoms with Crippen LogP contribution < -0.4 is 0 Å². The van der Waals surface area contributed by atoms with Crippen LogP contribution in [0.5, 0.6) is 0 Å². The monoisotopic (exact) mass is 654 g/mol. The number of hydrogen-bond acceptors (Lipinski definition) is 5. The molecule has 0 aliphatic rings. The second-order valence-electron chi connectivity index (χ2n) is 12.8. The van der Waals surface area contributed by atoms with Crippen molar-refractivity contribution in [2.75, 3.05) is 0 Å². The molecule has 0 amide bonds. The normalized spacial score (nSPS) is 11.9. The van der Waals surface area contributed by atoms with Gasteiger partial charge in [0.15, 0.2) is 17.5 Å². The predicted octanol–water partition coefficient (Wildman–Crippen LogP) is 11.8. The third-order valence-corrected chi connectivity index (χ3v) is 9.85. The summed E-state index contributed by atoms with van der Waals surface area (Å²) in [6, 6.07) is 53.8. The Bertz CT molecular complexity index is 3030. The van der Waals surface area contributed by atoms with E-state index >= 15 is 0 Å². The van der Waals surface area contributed by atoms with Crippen LogP contribution in [0.2, 0.25) is 0 Å². The zero-order valence-electron chi connectivity index (χ0n) is 27.1. The van der Waals surface area contributed by atoms with Gasteiger partial charge in [0.05, 0.1) is 11.0 Å². The summed E-state index contributed by atoms with van der Waals surface area (Å²) in [4.78, 5) is 14.7. The molecular weight excluding hydrogens is 629 g/mol. The van der Waals surface area contributed by atoms with Crippen LogP contribution in [0, 0.1) is 0 Å². The second kappa shape index (κ2) is 10.7. The fraction of sp³-hybridized carbons (Fsp3) is 0. The molecule has 4 heterocycles. The van der Waals surface area contributed by atoms with Gasteiger partial charge in [-0.2, -0.15) is 0 Å². The van der Waals surface area contributed by atoms with E-state index in [4.69, 9.17) is 23.8 Å². The number of furan rings is 2. The highest BCUT2D eigenvalue weighted by Gasteiger charge is 2.20. The number of para-hydroxylation sites is 2. The largest absolute Gasteiger partial charge is 0.456 e. The molecule has 0 aliphatic carbocycles. The molecule has 11 aromatic rings. The molecule has 6 heteroatoms. The van der Waals surface area contributed by atoms with Crippen LogP contribution in [0.1, 0.15) is 0 Å². The minimum Gasteiger partial charge on any atom is -0.456 e. The molecule has 0 spiro atoms. The van der Waals surface area contributed by atoms with Crippen molar-refractivity contribution in [3.8, 4) is 39.9 Å². The molecule has 0 aliphatic heterocycles. The van der Waals surface area contributed by atoms with Gasteiger partial charge in [-0.05, 0) is 48.5 Å².